The molecule has 0 spiro atoms. The van der Waals surface area contributed by atoms with Crippen molar-refractivity contribution in [2.75, 3.05) is 19.7 Å². The molecular weight excluding hydrogens is 376 g/mol. The number of aryl methyl sites for hydroxylation is 1. The Balaban J connectivity index is 1.34. The summed E-state index contributed by atoms with van der Waals surface area (Å²) >= 11 is 0. The molecule has 0 saturated carbocycles. The first-order valence-corrected chi connectivity index (χ1v) is 10.5. The van der Waals surface area contributed by atoms with Crippen LogP contribution >= 0.6 is 0 Å². The lowest BCUT2D eigenvalue weighted by molar-refractivity contribution is -0.138. The van der Waals surface area contributed by atoms with Crippen LogP contribution in [-0.2, 0) is 22.7 Å². The fourth-order valence-electron chi connectivity index (χ4n) is 4.04. The quantitative estimate of drug-likeness (QED) is 0.602. The topological polar surface area (TPSA) is 60.2 Å². The molecule has 0 N–H and O–H groups in total. The zero-order chi connectivity index (χ0) is 20.8. The molecule has 1 fully saturated rings. The minimum atomic E-state index is 0.0762. The van der Waals surface area contributed by atoms with Gasteiger partial charge in [-0.1, -0.05) is 30.3 Å². The Labute approximate surface area is 177 Å². The van der Waals surface area contributed by atoms with E-state index in [1.165, 1.54) is 0 Å². The Morgan fingerprint density at radius 1 is 1.17 bits per heavy atom. The molecular formula is C24H28N4O2. The summed E-state index contributed by atoms with van der Waals surface area (Å²) in [5.74, 6) is 1.45. The van der Waals surface area contributed by atoms with Crippen LogP contribution in [0.2, 0.25) is 0 Å². The number of imidazole rings is 1. The summed E-state index contributed by atoms with van der Waals surface area (Å²) in [5, 5.41) is 0. The van der Waals surface area contributed by atoms with E-state index in [1.54, 1.807) is 12.4 Å². The van der Waals surface area contributed by atoms with E-state index in [-0.39, 0.29) is 12.5 Å². The lowest BCUT2D eigenvalue weighted by atomic mass is 9.97. The molecule has 0 radical (unpaired) electrons. The van der Waals surface area contributed by atoms with E-state index in [0.29, 0.717) is 12.5 Å². The third-order valence-corrected chi connectivity index (χ3v) is 5.64. The molecule has 30 heavy (non-hydrogen) atoms. The second kappa shape index (κ2) is 9.67. The molecule has 4 rings (SSSR count). The average Bonchev–Trinajstić information content (AvgIpc) is 3.15. The van der Waals surface area contributed by atoms with Crippen molar-refractivity contribution >= 4 is 5.91 Å². The molecule has 1 amide bonds. The highest BCUT2D eigenvalue weighted by atomic mass is 16.5. The van der Waals surface area contributed by atoms with Gasteiger partial charge in [-0.25, -0.2) is 4.98 Å². The molecule has 1 aromatic carbocycles. The molecule has 1 unspecified atom stereocenters. The Bertz CT molecular complexity index is 956. The standard InChI is InChI=1S/C24H28N4O2/c1-19-14-26-24(22-9-11-25-12-10-22)28(19)16-21-8-5-13-27(15-21)23(29)18-30-17-20-6-3-2-4-7-20/h2-4,6-7,9-12,14,21H,5,8,13,15-18H2,1H3. The predicted molar refractivity (Wildman–Crippen MR) is 116 cm³/mol. The highest BCUT2D eigenvalue weighted by molar-refractivity contribution is 5.77. The lowest BCUT2D eigenvalue weighted by Gasteiger charge is -2.33. The number of amides is 1. The lowest BCUT2D eigenvalue weighted by Crippen LogP contribution is -2.42. The number of ether oxygens (including phenoxy) is 1. The van der Waals surface area contributed by atoms with Gasteiger partial charge in [0, 0.05) is 49.5 Å². The SMILES string of the molecule is Cc1cnc(-c2ccncc2)n1CC1CCCN(C(=O)COCc2ccccc2)C1. The van der Waals surface area contributed by atoms with E-state index in [0.717, 1.165) is 55.1 Å². The van der Waals surface area contributed by atoms with Gasteiger partial charge >= 0.3 is 0 Å². The van der Waals surface area contributed by atoms with E-state index in [2.05, 4.69) is 21.5 Å². The largest absolute Gasteiger partial charge is 0.367 e. The second-order valence-corrected chi connectivity index (χ2v) is 7.90. The van der Waals surface area contributed by atoms with Crippen LogP contribution in [0, 0.1) is 12.8 Å². The maximum Gasteiger partial charge on any atom is 0.248 e. The number of benzene rings is 1. The third kappa shape index (κ3) is 4.94. The molecule has 0 aliphatic carbocycles. The number of likely N-dealkylation sites (tertiary alicyclic amines) is 1. The maximum absolute atomic E-state index is 12.7. The summed E-state index contributed by atoms with van der Waals surface area (Å²) in [7, 11) is 0. The van der Waals surface area contributed by atoms with Crippen LogP contribution in [-0.4, -0.2) is 45.0 Å². The van der Waals surface area contributed by atoms with Gasteiger partial charge in [-0.3, -0.25) is 9.78 Å². The van der Waals surface area contributed by atoms with Crippen LogP contribution in [0.4, 0.5) is 0 Å². The van der Waals surface area contributed by atoms with Gasteiger partial charge in [-0.2, -0.15) is 0 Å². The number of nitrogens with zero attached hydrogens (tertiary/aromatic N) is 4. The molecule has 156 valence electrons. The zero-order valence-corrected chi connectivity index (χ0v) is 17.4. The molecule has 3 heterocycles. The van der Waals surface area contributed by atoms with E-state index in [4.69, 9.17) is 4.74 Å². The highest BCUT2D eigenvalue weighted by Gasteiger charge is 2.25. The number of hydrogen-bond acceptors (Lipinski definition) is 4. The van der Waals surface area contributed by atoms with Gasteiger partial charge in [0.1, 0.15) is 12.4 Å². The third-order valence-electron chi connectivity index (χ3n) is 5.64. The Hall–Kier alpha value is -2.99. The van der Waals surface area contributed by atoms with E-state index >= 15 is 0 Å². The van der Waals surface area contributed by atoms with Crippen molar-refractivity contribution in [1.82, 2.24) is 19.4 Å². The van der Waals surface area contributed by atoms with Gasteiger partial charge in [-0.15, -0.1) is 0 Å². The number of pyridine rings is 1. The van der Waals surface area contributed by atoms with Crippen molar-refractivity contribution in [2.45, 2.75) is 32.9 Å². The summed E-state index contributed by atoms with van der Waals surface area (Å²) < 4.78 is 7.92. The number of carbonyl (C=O) groups is 1. The van der Waals surface area contributed by atoms with Crippen LogP contribution < -0.4 is 0 Å². The Morgan fingerprint density at radius 2 is 1.97 bits per heavy atom. The Morgan fingerprint density at radius 3 is 2.77 bits per heavy atom. The average molecular weight is 405 g/mol. The van der Waals surface area contributed by atoms with E-state index < -0.39 is 0 Å². The van der Waals surface area contributed by atoms with Gasteiger partial charge in [0.05, 0.1) is 6.61 Å². The minimum Gasteiger partial charge on any atom is -0.367 e. The van der Waals surface area contributed by atoms with Crippen molar-refractivity contribution in [3.63, 3.8) is 0 Å². The molecule has 3 aromatic rings. The predicted octanol–water partition coefficient (Wildman–Crippen LogP) is 3.71. The molecule has 6 nitrogen and oxygen atoms in total. The van der Waals surface area contributed by atoms with E-state index in [1.807, 2.05) is 53.6 Å². The number of carbonyl (C=O) groups excluding carboxylic acids is 1. The minimum absolute atomic E-state index is 0.0762. The van der Waals surface area contributed by atoms with Crippen molar-refractivity contribution in [2.24, 2.45) is 5.92 Å². The van der Waals surface area contributed by atoms with Crippen molar-refractivity contribution in [3.05, 3.63) is 72.3 Å². The fourth-order valence-corrected chi connectivity index (χ4v) is 4.04. The van der Waals surface area contributed by atoms with Crippen molar-refractivity contribution in [3.8, 4) is 11.4 Å². The maximum atomic E-state index is 12.7. The monoisotopic (exact) mass is 404 g/mol. The van der Waals surface area contributed by atoms with Crippen LogP contribution in [0.25, 0.3) is 11.4 Å². The summed E-state index contributed by atoms with van der Waals surface area (Å²) in [6.45, 7) is 5.12. The van der Waals surface area contributed by atoms with E-state index in [9.17, 15) is 4.79 Å². The van der Waals surface area contributed by atoms with Gasteiger partial charge in [-0.05, 0) is 43.4 Å². The first-order chi connectivity index (χ1) is 14.7. The molecule has 1 saturated heterocycles. The van der Waals surface area contributed by atoms with Crippen molar-refractivity contribution < 1.29 is 9.53 Å². The smallest absolute Gasteiger partial charge is 0.248 e. The van der Waals surface area contributed by atoms with Crippen LogP contribution in [0.3, 0.4) is 0 Å². The van der Waals surface area contributed by atoms with Gasteiger partial charge in [0.25, 0.3) is 0 Å². The molecule has 6 heteroatoms. The Kier molecular flexibility index (Phi) is 6.54. The van der Waals surface area contributed by atoms with Gasteiger partial charge < -0.3 is 14.2 Å². The fraction of sp³-hybridized carbons (Fsp3) is 0.375. The number of rotatable bonds is 7. The number of aromatic nitrogens is 3. The zero-order valence-electron chi connectivity index (χ0n) is 17.4. The molecule has 0 bridgehead atoms. The van der Waals surface area contributed by atoms with Gasteiger partial charge in [0.15, 0.2) is 0 Å². The summed E-state index contributed by atoms with van der Waals surface area (Å²) in [4.78, 5) is 23.3. The number of piperidine rings is 1. The molecule has 1 atom stereocenters. The van der Waals surface area contributed by atoms with Crippen LogP contribution in [0.1, 0.15) is 24.1 Å². The van der Waals surface area contributed by atoms with Crippen LogP contribution in [0.5, 0.6) is 0 Å². The summed E-state index contributed by atoms with van der Waals surface area (Å²) in [6, 6.07) is 13.9. The number of hydrogen-bond donors (Lipinski definition) is 0. The summed E-state index contributed by atoms with van der Waals surface area (Å²) in [5.41, 5.74) is 3.29. The first-order valence-electron chi connectivity index (χ1n) is 10.5. The first kappa shape index (κ1) is 20.3. The van der Waals surface area contributed by atoms with Gasteiger partial charge in [0.2, 0.25) is 5.91 Å². The highest BCUT2D eigenvalue weighted by Crippen LogP contribution is 2.24. The molecule has 1 aliphatic rings. The second-order valence-electron chi connectivity index (χ2n) is 7.90. The normalized spacial score (nSPS) is 16.6. The molecule has 1 aliphatic heterocycles. The van der Waals surface area contributed by atoms with Crippen LogP contribution in [0.15, 0.2) is 61.1 Å². The van der Waals surface area contributed by atoms with Crippen molar-refractivity contribution in [1.29, 1.82) is 0 Å². The molecule has 2 aromatic heterocycles. The summed E-state index contributed by atoms with van der Waals surface area (Å²) in [6.07, 6.45) is 7.63.